The molecule has 114 valence electrons. The van der Waals surface area contributed by atoms with E-state index in [0.29, 0.717) is 24.6 Å². The Labute approximate surface area is 122 Å². The number of carbonyl (C=O) groups is 2. The quantitative estimate of drug-likeness (QED) is 0.758. The van der Waals surface area contributed by atoms with Gasteiger partial charge in [0.1, 0.15) is 0 Å². The second kappa shape index (κ2) is 6.94. The van der Waals surface area contributed by atoms with Crippen LogP contribution >= 0.6 is 0 Å². The van der Waals surface area contributed by atoms with E-state index in [-0.39, 0.29) is 25.7 Å². The summed E-state index contributed by atoms with van der Waals surface area (Å²) in [5.74, 6) is 0.330. The summed E-state index contributed by atoms with van der Waals surface area (Å²) in [4.78, 5) is 24.0. The van der Waals surface area contributed by atoms with Crippen molar-refractivity contribution in [2.24, 2.45) is 0 Å². The molecule has 0 unspecified atom stereocenters. The zero-order chi connectivity index (χ0) is 15.2. The number of benzene rings is 1. The lowest BCUT2D eigenvalue weighted by atomic mass is 10.2. The first-order chi connectivity index (χ1) is 10.1. The third-order valence-electron chi connectivity index (χ3n) is 3.13. The standard InChI is InChI=1S/C14H18N2O5/c1-15-13(17)8-16(5-4-14(18)19)7-10-2-3-11-12(6-10)21-9-20-11/h2-3,6H,4-5,7-9H2,1H3,(H,15,17)(H,18,19). The molecule has 7 nitrogen and oxygen atoms in total. The average molecular weight is 294 g/mol. The van der Waals surface area contributed by atoms with Crippen molar-refractivity contribution in [2.45, 2.75) is 13.0 Å². The second-order valence-corrected chi connectivity index (χ2v) is 4.72. The highest BCUT2D eigenvalue weighted by atomic mass is 16.7. The minimum absolute atomic E-state index is 0.0124. The molecule has 2 rings (SSSR count). The number of hydrogen-bond donors (Lipinski definition) is 2. The minimum atomic E-state index is -0.886. The van der Waals surface area contributed by atoms with E-state index in [0.717, 1.165) is 5.56 Å². The molecule has 0 saturated carbocycles. The highest BCUT2D eigenvalue weighted by Gasteiger charge is 2.16. The third kappa shape index (κ3) is 4.35. The molecule has 0 radical (unpaired) electrons. The van der Waals surface area contributed by atoms with Crippen LogP contribution in [0.3, 0.4) is 0 Å². The lowest BCUT2D eigenvalue weighted by Gasteiger charge is -2.20. The largest absolute Gasteiger partial charge is 0.481 e. The average Bonchev–Trinajstić information content (AvgIpc) is 2.92. The van der Waals surface area contributed by atoms with Gasteiger partial charge in [0.2, 0.25) is 12.7 Å². The maximum Gasteiger partial charge on any atom is 0.304 e. The minimum Gasteiger partial charge on any atom is -0.481 e. The van der Waals surface area contributed by atoms with Crippen LogP contribution in [-0.2, 0) is 16.1 Å². The second-order valence-electron chi connectivity index (χ2n) is 4.72. The van der Waals surface area contributed by atoms with Crippen molar-refractivity contribution in [1.29, 1.82) is 0 Å². The van der Waals surface area contributed by atoms with Gasteiger partial charge in [-0.3, -0.25) is 14.5 Å². The highest BCUT2D eigenvalue weighted by Crippen LogP contribution is 2.32. The lowest BCUT2D eigenvalue weighted by Crippen LogP contribution is -2.36. The normalized spacial score (nSPS) is 12.5. The first-order valence-electron chi connectivity index (χ1n) is 6.61. The number of hydrogen-bond acceptors (Lipinski definition) is 5. The third-order valence-corrected chi connectivity index (χ3v) is 3.13. The first-order valence-corrected chi connectivity index (χ1v) is 6.61. The number of nitrogens with one attached hydrogen (secondary N) is 1. The number of ether oxygens (including phenoxy) is 2. The van der Waals surface area contributed by atoms with E-state index in [2.05, 4.69) is 5.32 Å². The summed E-state index contributed by atoms with van der Waals surface area (Å²) < 4.78 is 10.5. The molecule has 0 bridgehead atoms. The van der Waals surface area contributed by atoms with Crippen molar-refractivity contribution < 1.29 is 24.2 Å². The molecule has 1 heterocycles. The van der Waals surface area contributed by atoms with Gasteiger partial charge in [0.25, 0.3) is 0 Å². The van der Waals surface area contributed by atoms with Crippen LogP contribution in [0.5, 0.6) is 11.5 Å². The SMILES string of the molecule is CNC(=O)CN(CCC(=O)O)Cc1ccc2c(c1)OCO2. The van der Waals surface area contributed by atoms with Crippen LogP contribution < -0.4 is 14.8 Å². The molecular weight excluding hydrogens is 276 g/mol. The number of carbonyl (C=O) groups excluding carboxylic acids is 1. The predicted molar refractivity (Wildman–Crippen MR) is 74.2 cm³/mol. The maximum absolute atomic E-state index is 11.5. The van der Waals surface area contributed by atoms with Crippen LogP contribution in [0.2, 0.25) is 0 Å². The molecule has 0 spiro atoms. The molecule has 2 N–H and O–H groups in total. The van der Waals surface area contributed by atoms with Crippen molar-refractivity contribution in [3.05, 3.63) is 23.8 Å². The fourth-order valence-corrected chi connectivity index (χ4v) is 2.05. The number of amides is 1. The molecule has 1 aliphatic heterocycles. The molecule has 1 aromatic rings. The highest BCUT2D eigenvalue weighted by molar-refractivity contribution is 5.77. The van der Waals surface area contributed by atoms with E-state index in [4.69, 9.17) is 14.6 Å². The van der Waals surface area contributed by atoms with Crippen LogP contribution in [0.1, 0.15) is 12.0 Å². The lowest BCUT2D eigenvalue weighted by molar-refractivity contribution is -0.137. The smallest absolute Gasteiger partial charge is 0.304 e. The van der Waals surface area contributed by atoms with Gasteiger partial charge in [-0.1, -0.05) is 6.07 Å². The van der Waals surface area contributed by atoms with Gasteiger partial charge in [0, 0.05) is 20.1 Å². The summed E-state index contributed by atoms with van der Waals surface area (Å²) in [7, 11) is 1.55. The van der Waals surface area contributed by atoms with Gasteiger partial charge in [0.15, 0.2) is 11.5 Å². The number of fused-ring (bicyclic) bond motifs is 1. The number of likely N-dealkylation sites (N-methyl/N-ethyl adjacent to an activating group) is 1. The Bertz CT molecular complexity index is 532. The van der Waals surface area contributed by atoms with Crippen molar-refractivity contribution in [3.63, 3.8) is 0 Å². The van der Waals surface area contributed by atoms with Crippen LogP contribution in [0, 0.1) is 0 Å². The Balaban J connectivity index is 2.02. The number of rotatable bonds is 7. The Morgan fingerprint density at radius 2 is 2.10 bits per heavy atom. The zero-order valence-electron chi connectivity index (χ0n) is 11.8. The van der Waals surface area contributed by atoms with Gasteiger partial charge in [-0.2, -0.15) is 0 Å². The van der Waals surface area contributed by atoms with Crippen molar-refractivity contribution in [1.82, 2.24) is 10.2 Å². The van der Waals surface area contributed by atoms with E-state index in [1.807, 2.05) is 18.2 Å². The Hall–Kier alpha value is -2.28. The summed E-state index contributed by atoms with van der Waals surface area (Å²) in [6.45, 7) is 1.13. The number of carboxylic acids is 1. The molecule has 0 atom stereocenters. The number of carboxylic acid groups (broad SMARTS) is 1. The molecule has 0 aromatic heterocycles. The van der Waals surface area contributed by atoms with E-state index < -0.39 is 5.97 Å². The monoisotopic (exact) mass is 294 g/mol. The molecule has 0 fully saturated rings. The van der Waals surface area contributed by atoms with Gasteiger partial charge >= 0.3 is 5.97 Å². The van der Waals surface area contributed by atoms with Gasteiger partial charge in [-0.15, -0.1) is 0 Å². The fourth-order valence-electron chi connectivity index (χ4n) is 2.05. The number of nitrogens with zero attached hydrogens (tertiary/aromatic N) is 1. The summed E-state index contributed by atoms with van der Waals surface area (Å²) in [6.07, 6.45) is -0.0124. The number of aliphatic carboxylic acids is 1. The summed E-state index contributed by atoms with van der Waals surface area (Å²) in [5, 5.41) is 11.3. The zero-order valence-corrected chi connectivity index (χ0v) is 11.8. The molecule has 21 heavy (non-hydrogen) atoms. The Morgan fingerprint density at radius 1 is 1.33 bits per heavy atom. The molecule has 7 heteroatoms. The van der Waals surface area contributed by atoms with Gasteiger partial charge < -0.3 is 19.9 Å². The van der Waals surface area contributed by atoms with Gasteiger partial charge in [-0.25, -0.2) is 0 Å². The van der Waals surface area contributed by atoms with Gasteiger partial charge in [0.05, 0.1) is 13.0 Å². The first kappa shape index (κ1) is 15.1. The van der Waals surface area contributed by atoms with Crippen LogP contribution in [0.15, 0.2) is 18.2 Å². The molecule has 1 amide bonds. The van der Waals surface area contributed by atoms with Crippen molar-refractivity contribution in [2.75, 3.05) is 26.9 Å². The van der Waals surface area contributed by atoms with E-state index in [9.17, 15) is 9.59 Å². The molecule has 1 aromatic carbocycles. The van der Waals surface area contributed by atoms with Crippen LogP contribution in [0.4, 0.5) is 0 Å². The summed E-state index contributed by atoms with van der Waals surface area (Å²) >= 11 is 0. The molecule has 0 saturated heterocycles. The van der Waals surface area contributed by atoms with E-state index >= 15 is 0 Å². The summed E-state index contributed by atoms with van der Waals surface area (Å²) in [5.41, 5.74) is 0.938. The van der Waals surface area contributed by atoms with E-state index in [1.54, 1.807) is 11.9 Å². The topological polar surface area (TPSA) is 88.1 Å². The fraction of sp³-hybridized carbons (Fsp3) is 0.429. The van der Waals surface area contributed by atoms with Gasteiger partial charge in [-0.05, 0) is 17.7 Å². The Morgan fingerprint density at radius 3 is 2.81 bits per heavy atom. The molecular formula is C14H18N2O5. The molecule has 1 aliphatic rings. The van der Waals surface area contributed by atoms with Crippen LogP contribution in [-0.4, -0.2) is 48.8 Å². The Kier molecular flexibility index (Phi) is 4.99. The van der Waals surface area contributed by atoms with Crippen molar-refractivity contribution in [3.8, 4) is 11.5 Å². The van der Waals surface area contributed by atoms with Crippen LogP contribution in [0.25, 0.3) is 0 Å². The van der Waals surface area contributed by atoms with E-state index in [1.165, 1.54) is 0 Å². The predicted octanol–water partition coefficient (Wildman–Crippen LogP) is 0.438. The van der Waals surface area contributed by atoms with Crippen molar-refractivity contribution >= 4 is 11.9 Å². The molecule has 0 aliphatic carbocycles. The summed E-state index contributed by atoms with van der Waals surface area (Å²) in [6, 6.07) is 5.54. The maximum atomic E-state index is 11.5.